The van der Waals surface area contributed by atoms with Crippen molar-refractivity contribution in [2.75, 3.05) is 25.0 Å². The molecule has 0 spiro atoms. The summed E-state index contributed by atoms with van der Waals surface area (Å²) in [5.74, 6) is 0. The zero-order valence-electron chi connectivity index (χ0n) is 21.2. The Morgan fingerprint density at radius 3 is 2.31 bits per heavy atom. The minimum absolute atomic E-state index is 0.197. The summed E-state index contributed by atoms with van der Waals surface area (Å²) in [5.41, 5.74) is 7.36. The van der Waals surface area contributed by atoms with Gasteiger partial charge in [-0.3, -0.25) is 4.98 Å². The number of hydrogen-bond donors (Lipinski definition) is 0. The molecule has 1 aliphatic rings. The molecule has 0 bridgehead atoms. The number of nitrogens with zero attached hydrogens (tertiary/aromatic N) is 3. The van der Waals surface area contributed by atoms with Crippen LogP contribution in [0, 0.1) is 0 Å². The third kappa shape index (κ3) is 4.16. The van der Waals surface area contributed by atoms with E-state index in [0.717, 1.165) is 25.2 Å². The Morgan fingerprint density at radius 2 is 1.60 bits per heavy atom. The van der Waals surface area contributed by atoms with Crippen LogP contribution in [-0.2, 0) is 11.8 Å². The minimum Gasteiger partial charge on any atom is -0.372 e. The van der Waals surface area contributed by atoms with Gasteiger partial charge >= 0.3 is 0 Å². The SMILES string of the molecule is CCN(CC)c1ccc(/C=C/C2=[N+](C)c3ccc4ccccc4c3C2(C)Cc2ccccn2)cc1. The molecule has 1 aliphatic heterocycles. The molecule has 0 amide bonds. The topological polar surface area (TPSA) is 19.1 Å². The molecule has 0 saturated heterocycles. The van der Waals surface area contributed by atoms with Gasteiger partial charge in [-0.25, -0.2) is 0 Å². The zero-order valence-corrected chi connectivity index (χ0v) is 21.2. The van der Waals surface area contributed by atoms with Crippen LogP contribution in [0.25, 0.3) is 16.8 Å². The molecular formula is C32H34N3+. The number of fused-ring (bicyclic) bond motifs is 3. The van der Waals surface area contributed by atoms with E-state index in [1.807, 2.05) is 12.3 Å². The monoisotopic (exact) mass is 460 g/mol. The molecule has 0 fully saturated rings. The van der Waals surface area contributed by atoms with Crippen molar-refractivity contribution in [1.82, 2.24) is 4.98 Å². The fourth-order valence-corrected chi connectivity index (χ4v) is 5.65. The summed E-state index contributed by atoms with van der Waals surface area (Å²) in [6.07, 6.45) is 7.31. The van der Waals surface area contributed by atoms with Crippen molar-refractivity contribution in [1.29, 1.82) is 0 Å². The predicted molar refractivity (Wildman–Crippen MR) is 149 cm³/mol. The van der Waals surface area contributed by atoms with Crippen molar-refractivity contribution >= 4 is 33.9 Å². The van der Waals surface area contributed by atoms with E-state index in [4.69, 9.17) is 4.98 Å². The van der Waals surface area contributed by atoms with Crippen LogP contribution in [-0.4, -0.2) is 35.4 Å². The van der Waals surface area contributed by atoms with Crippen LogP contribution in [0.2, 0.25) is 0 Å². The van der Waals surface area contributed by atoms with Crippen LogP contribution in [0.3, 0.4) is 0 Å². The summed E-state index contributed by atoms with van der Waals surface area (Å²) >= 11 is 0. The van der Waals surface area contributed by atoms with Crippen LogP contribution >= 0.6 is 0 Å². The van der Waals surface area contributed by atoms with E-state index in [-0.39, 0.29) is 5.41 Å². The van der Waals surface area contributed by atoms with Gasteiger partial charge in [0.05, 0.1) is 5.41 Å². The lowest BCUT2D eigenvalue weighted by Crippen LogP contribution is -2.33. The van der Waals surface area contributed by atoms with Gasteiger partial charge in [0.2, 0.25) is 5.69 Å². The summed E-state index contributed by atoms with van der Waals surface area (Å²) in [5, 5.41) is 2.60. The predicted octanol–water partition coefficient (Wildman–Crippen LogP) is 7.02. The minimum atomic E-state index is -0.197. The van der Waals surface area contributed by atoms with E-state index >= 15 is 0 Å². The van der Waals surface area contributed by atoms with Crippen molar-refractivity contribution in [3.8, 4) is 0 Å². The summed E-state index contributed by atoms with van der Waals surface area (Å²) in [6, 6.07) is 28.4. The maximum absolute atomic E-state index is 4.70. The molecular weight excluding hydrogens is 426 g/mol. The normalized spacial score (nSPS) is 17.4. The number of benzene rings is 3. The number of anilines is 1. The molecule has 1 aromatic heterocycles. The van der Waals surface area contributed by atoms with Gasteiger partial charge in [-0.15, -0.1) is 0 Å². The molecule has 3 aromatic carbocycles. The number of allylic oxidation sites excluding steroid dienone is 1. The van der Waals surface area contributed by atoms with Gasteiger partial charge in [0, 0.05) is 54.8 Å². The van der Waals surface area contributed by atoms with E-state index in [1.165, 1.54) is 39.0 Å². The maximum Gasteiger partial charge on any atom is 0.210 e. The smallest absolute Gasteiger partial charge is 0.210 e. The molecule has 4 aromatic rings. The van der Waals surface area contributed by atoms with Gasteiger partial charge < -0.3 is 4.90 Å². The Balaban J connectivity index is 1.58. The third-order valence-corrected chi connectivity index (χ3v) is 7.46. The molecule has 0 N–H and O–H groups in total. The Bertz CT molecular complexity index is 1400. The highest BCUT2D eigenvalue weighted by atomic mass is 15.1. The summed E-state index contributed by atoms with van der Waals surface area (Å²) in [4.78, 5) is 7.07. The number of hydrogen-bond acceptors (Lipinski definition) is 2. The first-order valence-electron chi connectivity index (χ1n) is 12.6. The van der Waals surface area contributed by atoms with Crippen molar-refractivity contribution in [3.05, 3.63) is 108 Å². The van der Waals surface area contributed by atoms with Gasteiger partial charge in [-0.05, 0) is 73.5 Å². The molecule has 3 heteroatoms. The fraction of sp³-hybridized carbons (Fsp3) is 0.250. The number of aromatic nitrogens is 1. The van der Waals surface area contributed by atoms with Gasteiger partial charge in [-0.1, -0.05) is 42.5 Å². The largest absolute Gasteiger partial charge is 0.372 e. The van der Waals surface area contributed by atoms with E-state index in [1.54, 1.807) is 0 Å². The third-order valence-electron chi connectivity index (χ3n) is 7.46. The molecule has 1 atom stereocenters. The van der Waals surface area contributed by atoms with Crippen LogP contribution in [0.15, 0.2) is 91.1 Å². The van der Waals surface area contributed by atoms with Crippen LogP contribution in [0.5, 0.6) is 0 Å². The fourth-order valence-electron chi connectivity index (χ4n) is 5.65. The van der Waals surface area contributed by atoms with Crippen molar-refractivity contribution < 1.29 is 4.58 Å². The van der Waals surface area contributed by atoms with Crippen LogP contribution < -0.4 is 4.90 Å². The number of pyridine rings is 1. The lowest BCUT2D eigenvalue weighted by Gasteiger charge is -2.23. The van der Waals surface area contributed by atoms with Gasteiger partial charge in [0.1, 0.15) is 7.05 Å². The highest BCUT2D eigenvalue weighted by molar-refractivity contribution is 6.09. The summed E-state index contributed by atoms with van der Waals surface area (Å²) in [7, 11) is 2.19. The zero-order chi connectivity index (χ0) is 24.4. The molecule has 3 nitrogen and oxygen atoms in total. The molecule has 0 saturated carbocycles. The quantitative estimate of drug-likeness (QED) is 0.276. The van der Waals surface area contributed by atoms with E-state index < -0.39 is 0 Å². The Labute approximate surface area is 209 Å². The van der Waals surface area contributed by atoms with Crippen LogP contribution in [0.1, 0.15) is 37.6 Å². The molecule has 0 aliphatic carbocycles. The van der Waals surface area contributed by atoms with E-state index in [9.17, 15) is 0 Å². The average molecular weight is 461 g/mol. The standard InChI is InChI=1S/C32H34N3/c1-5-35(6-2)27-18-14-24(15-19-27)16-21-30-32(3,23-26-12-9-10-22-33-26)31-28-13-8-7-11-25(28)17-20-29(31)34(30)4/h7-22H,5-6,23H2,1-4H3/q+1. The lowest BCUT2D eigenvalue weighted by molar-refractivity contribution is -0.401. The molecule has 0 radical (unpaired) electrons. The van der Waals surface area contributed by atoms with Crippen molar-refractivity contribution in [3.63, 3.8) is 0 Å². The van der Waals surface area contributed by atoms with Crippen LogP contribution in [0.4, 0.5) is 11.4 Å². The Morgan fingerprint density at radius 1 is 0.857 bits per heavy atom. The second-order valence-corrected chi connectivity index (χ2v) is 9.55. The maximum atomic E-state index is 4.70. The highest BCUT2D eigenvalue weighted by Crippen LogP contribution is 2.45. The highest BCUT2D eigenvalue weighted by Gasteiger charge is 2.48. The Kier molecular flexibility index (Phi) is 6.25. The van der Waals surface area contributed by atoms with E-state index in [2.05, 4.69) is 122 Å². The molecule has 35 heavy (non-hydrogen) atoms. The average Bonchev–Trinajstić information content (AvgIpc) is 3.10. The van der Waals surface area contributed by atoms with E-state index in [0.29, 0.717) is 0 Å². The first-order valence-corrected chi connectivity index (χ1v) is 12.6. The van der Waals surface area contributed by atoms with Gasteiger partial charge in [0.25, 0.3) is 0 Å². The molecule has 2 heterocycles. The number of rotatable bonds is 7. The van der Waals surface area contributed by atoms with Gasteiger partial charge in [0.15, 0.2) is 5.71 Å². The van der Waals surface area contributed by atoms with Crippen molar-refractivity contribution in [2.24, 2.45) is 0 Å². The first kappa shape index (κ1) is 23.0. The molecule has 1 unspecified atom stereocenters. The molecule has 5 rings (SSSR count). The first-order chi connectivity index (χ1) is 17.0. The Hall–Kier alpha value is -3.72. The summed E-state index contributed by atoms with van der Waals surface area (Å²) in [6.45, 7) is 8.82. The second-order valence-electron chi connectivity index (χ2n) is 9.55. The second kappa shape index (κ2) is 9.50. The lowest BCUT2D eigenvalue weighted by atomic mass is 9.73. The van der Waals surface area contributed by atoms with Gasteiger partial charge in [-0.2, -0.15) is 4.58 Å². The summed E-state index contributed by atoms with van der Waals surface area (Å²) < 4.78 is 2.37. The van der Waals surface area contributed by atoms with Crippen molar-refractivity contribution in [2.45, 2.75) is 32.6 Å². The molecule has 176 valence electrons.